The molecule has 0 unspecified atom stereocenters. The van der Waals surface area contributed by atoms with Gasteiger partial charge >= 0.3 is 0 Å². The zero-order chi connectivity index (χ0) is 27.9. The number of allylic oxidation sites excluding steroid dienone is 1. The van der Waals surface area contributed by atoms with E-state index in [9.17, 15) is 14.7 Å². The number of ketones is 1. The van der Waals surface area contributed by atoms with E-state index in [0.717, 1.165) is 32.6 Å². The Balaban J connectivity index is 0.000000298. The molecule has 5 rings (SSSR count). The summed E-state index contributed by atoms with van der Waals surface area (Å²) in [6.07, 6.45) is 5.14. The van der Waals surface area contributed by atoms with Crippen molar-refractivity contribution >= 4 is 29.3 Å². The molecule has 0 bridgehead atoms. The Bertz CT molecular complexity index is 1220. The molecular weight excluding hydrogens is 501 g/mol. The highest BCUT2D eigenvalue weighted by Gasteiger charge is 2.32. The van der Waals surface area contributed by atoms with E-state index in [1.807, 2.05) is 16.7 Å². The summed E-state index contributed by atoms with van der Waals surface area (Å²) in [6.45, 7) is 12.1. The highest BCUT2D eigenvalue weighted by Crippen LogP contribution is 2.54. The number of piperazine rings is 1. The fraction of sp³-hybridized carbons (Fsp3) is 0.448. The van der Waals surface area contributed by atoms with Crippen LogP contribution < -0.4 is 25.2 Å². The molecule has 0 spiro atoms. The van der Waals surface area contributed by atoms with Crippen molar-refractivity contribution in [2.24, 2.45) is 0 Å². The standard InChI is InChI=1S/C22H24FN3O3.C7H14N2O/c1-13-10-17(23)21(25-8-6-24-7-9-25)22-20(13)26(12-14(2)15(3)27)18-5-4-16(28)11-19(18)29-22;10-7-8-3-6-9-4-1-2-5-9/h4-5,10-12,24,28H,6-9H2,1-3H3;7H,1-6H2,(H,8,10)/b14-12-;. The van der Waals surface area contributed by atoms with E-state index in [1.165, 1.54) is 45.0 Å². The first-order valence-corrected chi connectivity index (χ1v) is 13.5. The normalized spacial score (nSPS) is 17.0. The molecule has 2 aromatic carbocycles. The van der Waals surface area contributed by atoms with Crippen LogP contribution in [0.3, 0.4) is 0 Å². The largest absolute Gasteiger partial charge is 0.508 e. The number of nitrogens with zero attached hydrogens (tertiary/aromatic N) is 3. The molecule has 0 radical (unpaired) electrons. The van der Waals surface area contributed by atoms with Crippen LogP contribution in [0.1, 0.15) is 32.3 Å². The number of likely N-dealkylation sites (tertiary alicyclic amines) is 1. The number of ether oxygens (including phenoxy) is 1. The van der Waals surface area contributed by atoms with Crippen molar-refractivity contribution in [1.29, 1.82) is 0 Å². The van der Waals surface area contributed by atoms with Crippen LogP contribution >= 0.6 is 0 Å². The lowest BCUT2D eigenvalue weighted by atomic mass is 10.0. The first kappa shape index (κ1) is 28.4. The van der Waals surface area contributed by atoms with Crippen molar-refractivity contribution in [3.63, 3.8) is 0 Å². The van der Waals surface area contributed by atoms with E-state index in [-0.39, 0.29) is 17.3 Å². The number of anilines is 3. The van der Waals surface area contributed by atoms with Gasteiger partial charge in [0.15, 0.2) is 23.1 Å². The first-order valence-electron chi connectivity index (χ1n) is 13.5. The fourth-order valence-electron chi connectivity index (χ4n) is 5.03. The number of Topliss-reactive ketones (excluding diaryl/α,β-unsaturated/α-hetero) is 1. The SMILES string of the molecule is CC(=O)/C(C)=C\N1c2ccc(O)cc2Oc2c(N3CCNCC3)c(F)cc(C)c21.O=CNCCN1CCCC1. The molecule has 2 aromatic rings. The summed E-state index contributed by atoms with van der Waals surface area (Å²) < 4.78 is 21.3. The number of nitrogens with one attached hydrogen (secondary N) is 2. The van der Waals surface area contributed by atoms with E-state index in [4.69, 9.17) is 4.74 Å². The number of phenolic OH excluding ortho intramolecular Hbond substituents is 1. The van der Waals surface area contributed by atoms with Gasteiger partial charge in [-0.3, -0.25) is 9.59 Å². The third-order valence-electron chi connectivity index (χ3n) is 7.19. The second-order valence-electron chi connectivity index (χ2n) is 10.1. The molecule has 3 aliphatic heterocycles. The number of hydrogen-bond donors (Lipinski definition) is 3. The van der Waals surface area contributed by atoms with Crippen molar-refractivity contribution in [3.05, 3.63) is 47.4 Å². The Hall–Kier alpha value is -3.63. The zero-order valence-electron chi connectivity index (χ0n) is 22.9. The lowest BCUT2D eigenvalue weighted by molar-refractivity contribution is -0.113. The van der Waals surface area contributed by atoms with Crippen LogP contribution in [0.2, 0.25) is 0 Å². The summed E-state index contributed by atoms with van der Waals surface area (Å²) in [5, 5.41) is 15.9. The summed E-state index contributed by atoms with van der Waals surface area (Å²) >= 11 is 0. The van der Waals surface area contributed by atoms with E-state index < -0.39 is 0 Å². The van der Waals surface area contributed by atoms with E-state index >= 15 is 4.39 Å². The number of carbonyl (C=O) groups excluding carboxylic acids is 2. The molecule has 3 aliphatic rings. The minimum absolute atomic E-state index is 0.0521. The maximum absolute atomic E-state index is 15.1. The van der Waals surface area contributed by atoms with Crippen LogP contribution in [0.25, 0.3) is 0 Å². The first-order chi connectivity index (χ1) is 18.8. The predicted octanol–water partition coefficient (Wildman–Crippen LogP) is 3.81. The van der Waals surface area contributed by atoms with Gasteiger partial charge in [-0.25, -0.2) is 4.39 Å². The molecule has 1 amide bonds. The van der Waals surface area contributed by atoms with Crippen LogP contribution in [0, 0.1) is 12.7 Å². The number of aromatic hydroxyl groups is 1. The molecule has 3 heterocycles. The van der Waals surface area contributed by atoms with Gasteiger partial charge in [-0.05, 0) is 70.5 Å². The lowest BCUT2D eigenvalue weighted by Gasteiger charge is -2.37. The number of halogens is 1. The molecule has 39 heavy (non-hydrogen) atoms. The molecule has 10 heteroatoms. The van der Waals surface area contributed by atoms with Crippen LogP contribution in [-0.2, 0) is 9.59 Å². The highest BCUT2D eigenvalue weighted by molar-refractivity contribution is 5.95. The molecular formula is C29H38FN5O4. The molecule has 0 aromatic heterocycles. The van der Waals surface area contributed by atoms with Gasteiger partial charge in [-0.15, -0.1) is 0 Å². The minimum atomic E-state index is -0.348. The number of phenols is 1. The Morgan fingerprint density at radius 2 is 1.85 bits per heavy atom. The van der Waals surface area contributed by atoms with Gasteiger partial charge < -0.3 is 35.2 Å². The van der Waals surface area contributed by atoms with Crippen molar-refractivity contribution in [1.82, 2.24) is 15.5 Å². The number of carbonyl (C=O) groups is 2. The van der Waals surface area contributed by atoms with Crippen molar-refractivity contribution in [2.75, 3.05) is 62.2 Å². The second kappa shape index (κ2) is 12.9. The number of aryl methyl sites for hydroxylation is 1. The van der Waals surface area contributed by atoms with Crippen molar-refractivity contribution < 1.29 is 23.8 Å². The third-order valence-corrected chi connectivity index (χ3v) is 7.19. The number of hydrogen-bond acceptors (Lipinski definition) is 8. The summed E-state index contributed by atoms with van der Waals surface area (Å²) in [4.78, 5) is 27.9. The van der Waals surface area contributed by atoms with Crippen LogP contribution in [0.5, 0.6) is 17.2 Å². The smallest absolute Gasteiger partial charge is 0.207 e. The molecule has 3 N–H and O–H groups in total. The van der Waals surface area contributed by atoms with Gasteiger partial charge in [0.25, 0.3) is 0 Å². The Morgan fingerprint density at radius 3 is 2.51 bits per heavy atom. The quantitative estimate of drug-likeness (QED) is 0.278. The molecule has 2 fully saturated rings. The highest BCUT2D eigenvalue weighted by atomic mass is 19.1. The van der Waals surface area contributed by atoms with E-state index in [1.54, 1.807) is 25.3 Å². The molecule has 9 nitrogen and oxygen atoms in total. The van der Waals surface area contributed by atoms with E-state index in [0.29, 0.717) is 52.8 Å². The Kier molecular flexibility index (Phi) is 9.42. The molecule has 210 valence electrons. The molecule has 2 saturated heterocycles. The Morgan fingerprint density at radius 1 is 1.13 bits per heavy atom. The lowest BCUT2D eigenvalue weighted by Crippen LogP contribution is -2.44. The van der Waals surface area contributed by atoms with Crippen molar-refractivity contribution in [2.45, 2.75) is 33.6 Å². The van der Waals surface area contributed by atoms with Gasteiger partial charge in [0.1, 0.15) is 11.4 Å². The van der Waals surface area contributed by atoms with Gasteiger partial charge in [0.05, 0.1) is 11.4 Å². The minimum Gasteiger partial charge on any atom is -0.508 e. The number of amides is 1. The molecule has 0 atom stereocenters. The average Bonchev–Trinajstić information content (AvgIpc) is 3.43. The van der Waals surface area contributed by atoms with Gasteiger partial charge in [0.2, 0.25) is 6.41 Å². The van der Waals surface area contributed by atoms with Gasteiger partial charge in [-0.1, -0.05) is 0 Å². The van der Waals surface area contributed by atoms with E-state index in [2.05, 4.69) is 15.5 Å². The molecule has 0 saturated carbocycles. The summed E-state index contributed by atoms with van der Waals surface area (Å²) in [5.41, 5.74) is 3.03. The van der Waals surface area contributed by atoms with Gasteiger partial charge in [0, 0.05) is 57.1 Å². The zero-order valence-corrected chi connectivity index (χ0v) is 22.9. The monoisotopic (exact) mass is 539 g/mol. The van der Waals surface area contributed by atoms with Crippen LogP contribution in [0.4, 0.5) is 21.5 Å². The molecule has 0 aliphatic carbocycles. The Labute approximate surface area is 229 Å². The second-order valence-corrected chi connectivity index (χ2v) is 10.1. The fourth-order valence-corrected chi connectivity index (χ4v) is 5.03. The average molecular weight is 540 g/mol. The third kappa shape index (κ3) is 6.69. The van der Waals surface area contributed by atoms with Crippen LogP contribution in [-0.4, -0.2) is 74.6 Å². The topological polar surface area (TPSA) is 97.4 Å². The number of benzene rings is 2. The summed E-state index contributed by atoms with van der Waals surface area (Å²) in [7, 11) is 0. The van der Waals surface area contributed by atoms with Crippen LogP contribution in [0.15, 0.2) is 36.0 Å². The number of rotatable bonds is 7. The predicted molar refractivity (Wildman–Crippen MR) is 151 cm³/mol. The summed E-state index contributed by atoms with van der Waals surface area (Å²) in [6, 6.07) is 6.30. The number of fused-ring (bicyclic) bond motifs is 2. The van der Waals surface area contributed by atoms with Gasteiger partial charge in [-0.2, -0.15) is 0 Å². The maximum atomic E-state index is 15.1. The summed E-state index contributed by atoms with van der Waals surface area (Å²) in [5.74, 6) is 0.456. The maximum Gasteiger partial charge on any atom is 0.207 e. The van der Waals surface area contributed by atoms with Crippen molar-refractivity contribution in [3.8, 4) is 17.2 Å².